The summed E-state index contributed by atoms with van der Waals surface area (Å²) >= 11 is 0. The largest absolute Gasteiger partial charge is 0.507 e. The number of hydrogen-bond acceptors (Lipinski definition) is 5. The molecule has 5 heteroatoms. The van der Waals surface area contributed by atoms with Crippen molar-refractivity contribution in [3.63, 3.8) is 0 Å². The molecule has 0 aliphatic rings. The van der Waals surface area contributed by atoms with Gasteiger partial charge >= 0.3 is 0 Å². The summed E-state index contributed by atoms with van der Waals surface area (Å²) in [6, 6.07) is 30.1. The zero-order chi connectivity index (χ0) is 28.3. The molecule has 5 nitrogen and oxygen atoms in total. The maximum atomic E-state index is 13.3. The topological polar surface area (TPSA) is 87.0 Å². The van der Waals surface area contributed by atoms with Crippen LogP contribution in [0.15, 0.2) is 115 Å². The SMILES string of the molecule is COc1cc(O)c(C(C=CCC(O)CCc2ccccc2)c2ccccc2)c(O)c1C(=O)C=Cc1ccccc1. The molecule has 0 bridgehead atoms. The lowest BCUT2D eigenvalue weighted by Crippen LogP contribution is -2.08. The Kier molecular flexibility index (Phi) is 9.92. The summed E-state index contributed by atoms with van der Waals surface area (Å²) < 4.78 is 5.37. The van der Waals surface area contributed by atoms with E-state index < -0.39 is 17.8 Å². The second-order valence-corrected chi connectivity index (χ2v) is 9.57. The van der Waals surface area contributed by atoms with Crippen LogP contribution in [0.25, 0.3) is 6.08 Å². The van der Waals surface area contributed by atoms with Crippen LogP contribution in [-0.2, 0) is 6.42 Å². The van der Waals surface area contributed by atoms with Crippen LogP contribution in [0.3, 0.4) is 0 Å². The predicted octanol–water partition coefficient (Wildman–Crippen LogP) is 7.07. The molecule has 0 radical (unpaired) electrons. The van der Waals surface area contributed by atoms with Gasteiger partial charge in [-0.1, -0.05) is 109 Å². The molecule has 0 amide bonds. The van der Waals surface area contributed by atoms with Crippen molar-refractivity contribution in [1.82, 2.24) is 0 Å². The molecule has 0 spiro atoms. The fourth-order valence-electron chi connectivity index (χ4n) is 4.67. The Morgan fingerprint density at radius 2 is 1.52 bits per heavy atom. The number of ether oxygens (including phenoxy) is 1. The molecule has 0 fully saturated rings. The fraction of sp³-hybridized carbons (Fsp3) is 0.171. The molecule has 0 aliphatic heterocycles. The van der Waals surface area contributed by atoms with Crippen LogP contribution >= 0.6 is 0 Å². The zero-order valence-corrected chi connectivity index (χ0v) is 22.5. The van der Waals surface area contributed by atoms with E-state index in [1.54, 1.807) is 6.08 Å². The number of rotatable bonds is 12. The van der Waals surface area contributed by atoms with E-state index >= 15 is 0 Å². The third-order valence-corrected chi connectivity index (χ3v) is 6.79. The van der Waals surface area contributed by atoms with E-state index in [4.69, 9.17) is 4.74 Å². The van der Waals surface area contributed by atoms with Crippen LogP contribution in [-0.4, -0.2) is 34.3 Å². The highest BCUT2D eigenvalue weighted by atomic mass is 16.5. The average Bonchev–Trinajstić information content (AvgIpc) is 2.99. The number of hydrogen-bond donors (Lipinski definition) is 3. The summed E-state index contributed by atoms with van der Waals surface area (Å²) in [6.45, 7) is 0. The minimum absolute atomic E-state index is 0.0280. The molecule has 2 unspecified atom stereocenters. The highest BCUT2D eigenvalue weighted by Crippen LogP contribution is 2.45. The molecule has 3 N–H and O–H groups in total. The van der Waals surface area contributed by atoms with Crippen molar-refractivity contribution in [3.8, 4) is 17.2 Å². The van der Waals surface area contributed by atoms with Crippen molar-refractivity contribution >= 4 is 11.9 Å². The lowest BCUT2D eigenvalue weighted by molar-refractivity contribution is 0.104. The highest BCUT2D eigenvalue weighted by Gasteiger charge is 2.27. The number of aromatic hydroxyl groups is 2. The van der Waals surface area contributed by atoms with Crippen molar-refractivity contribution in [3.05, 3.63) is 143 Å². The third kappa shape index (κ3) is 7.28. The maximum absolute atomic E-state index is 13.3. The van der Waals surface area contributed by atoms with Crippen molar-refractivity contribution in [2.75, 3.05) is 7.11 Å². The average molecular weight is 535 g/mol. The van der Waals surface area contributed by atoms with Gasteiger partial charge in [0.05, 0.1) is 13.2 Å². The molecule has 0 aliphatic carbocycles. The number of aliphatic hydroxyl groups is 1. The second-order valence-electron chi connectivity index (χ2n) is 9.57. The van der Waals surface area contributed by atoms with Gasteiger partial charge in [0.1, 0.15) is 22.8 Å². The third-order valence-electron chi connectivity index (χ3n) is 6.79. The molecule has 4 rings (SSSR count). The molecular weight excluding hydrogens is 500 g/mol. The first-order valence-electron chi connectivity index (χ1n) is 13.3. The Bertz CT molecular complexity index is 1440. The predicted molar refractivity (Wildman–Crippen MR) is 159 cm³/mol. The molecular formula is C35H34O5. The van der Waals surface area contributed by atoms with E-state index in [9.17, 15) is 20.1 Å². The molecule has 2 atom stereocenters. The van der Waals surface area contributed by atoms with Gasteiger partial charge in [-0.2, -0.15) is 0 Å². The molecule has 0 heterocycles. The Balaban J connectivity index is 1.64. The van der Waals surface area contributed by atoms with Crippen LogP contribution in [0, 0.1) is 0 Å². The highest BCUT2D eigenvalue weighted by molar-refractivity contribution is 6.11. The van der Waals surface area contributed by atoms with Crippen molar-refractivity contribution in [2.45, 2.75) is 31.3 Å². The first-order valence-corrected chi connectivity index (χ1v) is 13.3. The number of carbonyl (C=O) groups excluding carboxylic acids is 1. The van der Waals surface area contributed by atoms with Gasteiger partial charge in [-0.3, -0.25) is 4.79 Å². The monoisotopic (exact) mass is 534 g/mol. The van der Waals surface area contributed by atoms with E-state index in [0.29, 0.717) is 12.8 Å². The van der Waals surface area contributed by atoms with E-state index in [0.717, 1.165) is 17.5 Å². The van der Waals surface area contributed by atoms with Gasteiger partial charge in [-0.25, -0.2) is 0 Å². The van der Waals surface area contributed by atoms with Gasteiger partial charge in [-0.05, 0) is 42.0 Å². The smallest absolute Gasteiger partial charge is 0.193 e. The number of phenols is 2. The minimum atomic E-state index is -0.571. The van der Waals surface area contributed by atoms with Gasteiger partial charge in [0.2, 0.25) is 0 Å². The van der Waals surface area contributed by atoms with Gasteiger partial charge < -0.3 is 20.1 Å². The lowest BCUT2D eigenvalue weighted by atomic mass is 9.87. The number of allylic oxidation sites excluding steroid dienone is 2. The van der Waals surface area contributed by atoms with Crippen LogP contribution in [0.4, 0.5) is 0 Å². The number of aryl methyl sites for hydroxylation is 1. The summed E-state index contributed by atoms with van der Waals surface area (Å²) in [7, 11) is 1.39. The Morgan fingerprint density at radius 3 is 2.17 bits per heavy atom. The number of phenolic OH excluding ortho intramolecular Hbond substituents is 2. The Hall–Kier alpha value is -4.61. The molecule has 0 saturated heterocycles. The fourth-order valence-corrected chi connectivity index (χ4v) is 4.67. The van der Waals surface area contributed by atoms with E-state index in [1.165, 1.54) is 24.8 Å². The van der Waals surface area contributed by atoms with Crippen LogP contribution in [0.2, 0.25) is 0 Å². The summed E-state index contributed by atoms with van der Waals surface area (Å²) in [5.74, 6) is -1.48. The number of benzene rings is 4. The standard InChI is InChI=1S/C35H34O5/c1-40-32-24-31(38)33(35(39)34(32)30(37)23-21-26-14-7-3-8-15-26)29(27-16-9-4-10-17-27)19-11-18-28(36)22-20-25-12-5-2-6-13-25/h2-17,19,21,23-24,28-29,36,38-39H,18,20,22H2,1H3. The van der Waals surface area contributed by atoms with Crippen molar-refractivity contribution < 1.29 is 24.9 Å². The molecule has 204 valence electrons. The summed E-state index contributed by atoms with van der Waals surface area (Å²) in [6.07, 6.45) is 7.97. The van der Waals surface area contributed by atoms with Crippen LogP contribution < -0.4 is 4.74 Å². The molecule has 40 heavy (non-hydrogen) atoms. The number of aliphatic hydroxyl groups excluding tert-OH is 1. The van der Waals surface area contributed by atoms with E-state index in [-0.39, 0.29) is 28.4 Å². The van der Waals surface area contributed by atoms with E-state index in [2.05, 4.69) is 0 Å². The summed E-state index contributed by atoms with van der Waals surface area (Å²) in [5.41, 5.74) is 2.98. The lowest BCUT2D eigenvalue weighted by Gasteiger charge is -2.20. The summed E-state index contributed by atoms with van der Waals surface area (Å²) in [4.78, 5) is 13.3. The molecule has 0 aromatic heterocycles. The quantitative estimate of drug-likeness (QED) is 0.103. The number of carbonyl (C=O) groups is 1. The maximum Gasteiger partial charge on any atom is 0.193 e. The van der Waals surface area contributed by atoms with Crippen LogP contribution in [0.5, 0.6) is 17.2 Å². The Labute approximate surface area is 235 Å². The first-order chi connectivity index (χ1) is 19.5. The normalized spacial score (nSPS) is 12.9. The number of methoxy groups -OCH3 is 1. The second kappa shape index (κ2) is 14.0. The molecule has 4 aromatic rings. The zero-order valence-electron chi connectivity index (χ0n) is 22.5. The van der Waals surface area contributed by atoms with Gasteiger partial charge in [0.15, 0.2) is 5.78 Å². The number of ketones is 1. The Morgan fingerprint density at radius 1 is 0.900 bits per heavy atom. The summed E-state index contributed by atoms with van der Waals surface area (Å²) in [5, 5.41) is 33.0. The van der Waals surface area contributed by atoms with E-state index in [1.807, 2.05) is 103 Å². The molecule has 4 aromatic carbocycles. The van der Waals surface area contributed by atoms with Gasteiger partial charge in [0.25, 0.3) is 0 Å². The minimum Gasteiger partial charge on any atom is -0.507 e. The van der Waals surface area contributed by atoms with Gasteiger partial charge in [-0.15, -0.1) is 0 Å². The van der Waals surface area contributed by atoms with Crippen LogP contribution in [0.1, 0.15) is 51.4 Å². The first kappa shape index (κ1) is 28.4. The van der Waals surface area contributed by atoms with Crippen molar-refractivity contribution in [2.24, 2.45) is 0 Å². The molecule has 0 saturated carbocycles. The van der Waals surface area contributed by atoms with Crippen molar-refractivity contribution in [1.29, 1.82) is 0 Å². The van der Waals surface area contributed by atoms with Gasteiger partial charge in [0, 0.05) is 17.5 Å².